The predicted molar refractivity (Wildman–Crippen MR) is 124 cm³/mol. The summed E-state index contributed by atoms with van der Waals surface area (Å²) < 4.78 is 7.60. The number of aromatic nitrogens is 2. The maximum atomic E-state index is 13.7. The van der Waals surface area contributed by atoms with Crippen LogP contribution < -0.4 is 5.32 Å². The summed E-state index contributed by atoms with van der Waals surface area (Å²) in [4.78, 5) is 33.6. The number of ether oxygens (including phenoxy) is 1. The van der Waals surface area contributed by atoms with Crippen LogP contribution in [0.4, 0.5) is 0 Å². The van der Waals surface area contributed by atoms with Crippen LogP contribution in [0.25, 0.3) is 11.0 Å². The molecule has 0 bridgehead atoms. The van der Waals surface area contributed by atoms with Gasteiger partial charge in [0.15, 0.2) is 5.82 Å². The first-order valence-electron chi connectivity index (χ1n) is 12.0. The number of rotatable bonds is 7. The van der Waals surface area contributed by atoms with E-state index in [1.807, 2.05) is 49.6 Å². The van der Waals surface area contributed by atoms with Crippen LogP contribution in [0.2, 0.25) is 0 Å². The molecule has 0 radical (unpaired) electrons. The molecule has 1 fully saturated rings. The van der Waals surface area contributed by atoms with E-state index in [1.165, 1.54) is 0 Å². The largest absolute Gasteiger partial charge is 0.379 e. The molecular weight excluding hydrogens is 404 g/mol. The third kappa shape index (κ3) is 4.40. The van der Waals surface area contributed by atoms with Gasteiger partial charge in [0.1, 0.15) is 5.54 Å². The summed E-state index contributed by atoms with van der Waals surface area (Å²) in [5, 5.41) is 3.28. The van der Waals surface area contributed by atoms with Crippen molar-refractivity contribution in [3.8, 4) is 0 Å². The molecule has 1 N–H and O–H groups in total. The summed E-state index contributed by atoms with van der Waals surface area (Å²) in [6, 6.07) is 7.92. The Morgan fingerprint density at radius 1 is 1.25 bits per heavy atom. The lowest BCUT2D eigenvalue weighted by Gasteiger charge is -2.44. The van der Waals surface area contributed by atoms with Crippen molar-refractivity contribution >= 4 is 22.8 Å². The van der Waals surface area contributed by atoms with Gasteiger partial charge < -0.3 is 19.5 Å². The predicted octanol–water partition coefficient (Wildman–Crippen LogP) is 3.76. The first-order chi connectivity index (χ1) is 15.3. The van der Waals surface area contributed by atoms with Gasteiger partial charge >= 0.3 is 0 Å². The van der Waals surface area contributed by atoms with Crippen LogP contribution in [-0.2, 0) is 16.1 Å². The lowest BCUT2D eigenvalue weighted by Crippen LogP contribution is -2.65. The minimum atomic E-state index is -0.978. The summed E-state index contributed by atoms with van der Waals surface area (Å²) in [5.41, 5.74) is 0.697. The van der Waals surface area contributed by atoms with Crippen molar-refractivity contribution in [2.24, 2.45) is 5.92 Å². The van der Waals surface area contributed by atoms with E-state index in [1.54, 1.807) is 4.90 Å². The number of benzene rings is 1. The van der Waals surface area contributed by atoms with Crippen LogP contribution in [-0.4, -0.2) is 57.1 Å². The van der Waals surface area contributed by atoms with Gasteiger partial charge in [-0.05, 0) is 70.9 Å². The van der Waals surface area contributed by atoms with Gasteiger partial charge in [0.2, 0.25) is 5.91 Å². The molecular formula is C25H36N4O3. The zero-order valence-electron chi connectivity index (χ0n) is 19.8. The Hall–Kier alpha value is -2.41. The van der Waals surface area contributed by atoms with Gasteiger partial charge in [-0.2, -0.15) is 0 Å². The number of fused-ring (bicyclic) bond motifs is 3. The van der Waals surface area contributed by atoms with Crippen LogP contribution in [0, 0.1) is 5.92 Å². The zero-order valence-corrected chi connectivity index (χ0v) is 19.8. The number of amides is 2. The molecule has 1 atom stereocenters. The van der Waals surface area contributed by atoms with Crippen molar-refractivity contribution in [3.05, 3.63) is 30.1 Å². The highest BCUT2D eigenvalue weighted by Gasteiger charge is 2.48. The molecule has 1 aliphatic carbocycles. The number of nitrogens with zero attached hydrogens (tertiary/aromatic N) is 3. The van der Waals surface area contributed by atoms with E-state index >= 15 is 0 Å². The van der Waals surface area contributed by atoms with Crippen molar-refractivity contribution in [1.29, 1.82) is 0 Å². The van der Waals surface area contributed by atoms with Gasteiger partial charge in [0, 0.05) is 19.2 Å². The number of nitrogens with one attached hydrogen (secondary N) is 1. The van der Waals surface area contributed by atoms with E-state index in [4.69, 9.17) is 4.74 Å². The topological polar surface area (TPSA) is 76.5 Å². The van der Waals surface area contributed by atoms with E-state index in [9.17, 15) is 9.59 Å². The summed E-state index contributed by atoms with van der Waals surface area (Å²) in [6.07, 6.45) is 5.07. The molecule has 7 nitrogen and oxygen atoms in total. The monoisotopic (exact) mass is 440 g/mol. The Bertz CT molecular complexity index is 977. The standard InChI is InChI=1S/C25H36N4O3/c1-17(2)32-15-7-14-29-23(30)22-27-20-8-5-6-9-21(20)28(22)16-25(29,4)24(31)26-19-12-10-18(3)11-13-19/h5-6,8-9,17-19H,7,10-16H2,1-4H3,(H,26,31)/t18?,19?,25-/m1/s1. The Kier molecular flexibility index (Phi) is 6.56. The molecule has 174 valence electrons. The molecule has 0 unspecified atom stereocenters. The molecule has 1 saturated carbocycles. The quantitative estimate of drug-likeness (QED) is 0.665. The molecule has 1 aromatic heterocycles. The SMILES string of the molecule is CC1CCC(NC(=O)[C@@]2(C)Cn3c(nc4ccccc43)C(=O)N2CCCOC(C)C)CC1. The van der Waals surface area contributed by atoms with Gasteiger partial charge in [0.05, 0.1) is 23.7 Å². The molecule has 2 amide bonds. The molecule has 32 heavy (non-hydrogen) atoms. The van der Waals surface area contributed by atoms with E-state index in [2.05, 4.69) is 17.2 Å². The number of carbonyl (C=O) groups excluding carboxylic acids is 2. The zero-order chi connectivity index (χ0) is 22.9. The molecule has 2 aliphatic rings. The first-order valence-corrected chi connectivity index (χ1v) is 12.0. The van der Waals surface area contributed by atoms with E-state index in [0.29, 0.717) is 37.9 Å². The van der Waals surface area contributed by atoms with Crippen molar-refractivity contribution in [1.82, 2.24) is 19.8 Å². The molecule has 7 heteroatoms. The maximum absolute atomic E-state index is 13.7. The number of para-hydroxylation sites is 2. The summed E-state index contributed by atoms with van der Waals surface area (Å²) >= 11 is 0. The minimum Gasteiger partial charge on any atom is -0.379 e. The normalized spacial score (nSPS) is 25.9. The summed E-state index contributed by atoms with van der Waals surface area (Å²) in [6.45, 7) is 9.57. The lowest BCUT2D eigenvalue weighted by molar-refractivity contribution is -0.134. The second-order valence-corrected chi connectivity index (χ2v) is 9.94. The first kappa shape index (κ1) is 22.8. The molecule has 2 heterocycles. The van der Waals surface area contributed by atoms with Crippen molar-refractivity contribution in [2.45, 2.75) is 84.0 Å². The molecule has 2 aromatic rings. The Balaban J connectivity index is 1.61. The highest BCUT2D eigenvalue weighted by molar-refractivity contribution is 6.01. The average Bonchev–Trinajstić information content (AvgIpc) is 3.13. The van der Waals surface area contributed by atoms with Gasteiger partial charge in [-0.25, -0.2) is 4.98 Å². The molecule has 0 saturated heterocycles. The number of hydrogen-bond acceptors (Lipinski definition) is 4. The number of carbonyl (C=O) groups is 2. The third-order valence-corrected chi connectivity index (χ3v) is 6.97. The maximum Gasteiger partial charge on any atom is 0.290 e. The van der Waals surface area contributed by atoms with Crippen LogP contribution in [0.1, 0.15) is 70.4 Å². The van der Waals surface area contributed by atoms with Crippen molar-refractivity contribution in [2.75, 3.05) is 13.2 Å². The van der Waals surface area contributed by atoms with E-state index in [-0.39, 0.29) is 24.0 Å². The molecule has 1 aliphatic heterocycles. The fourth-order valence-electron chi connectivity index (χ4n) is 4.97. The van der Waals surface area contributed by atoms with Gasteiger partial charge in [-0.3, -0.25) is 9.59 Å². The highest BCUT2D eigenvalue weighted by Crippen LogP contribution is 2.32. The fraction of sp³-hybridized carbons (Fsp3) is 0.640. The molecule has 1 aromatic carbocycles. The summed E-state index contributed by atoms with van der Waals surface area (Å²) in [5.74, 6) is 0.866. The number of imidazole rings is 1. The van der Waals surface area contributed by atoms with Gasteiger partial charge in [-0.1, -0.05) is 19.1 Å². The second-order valence-electron chi connectivity index (χ2n) is 9.94. The fourth-order valence-corrected chi connectivity index (χ4v) is 4.97. The Morgan fingerprint density at radius 2 is 1.97 bits per heavy atom. The van der Waals surface area contributed by atoms with Gasteiger partial charge in [-0.15, -0.1) is 0 Å². The second kappa shape index (κ2) is 9.22. The van der Waals surface area contributed by atoms with Crippen LogP contribution in [0.15, 0.2) is 24.3 Å². The minimum absolute atomic E-state index is 0.0707. The van der Waals surface area contributed by atoms with E-state index in [0.717, 1.165) is 36.7 Å². The Morgan fingerprint density at radius 3 is 2.69 bits per heavy atom. The van der Waals surface area contributed by atoms with Crippen molar-refractivity contribution in [3.63, 3.8) is 0 Å². The van der Waals surface area contributed by atoms with Crippen LogP contribution in [0.3, 0.4) is 0 Å². The Labute approximate surface area is 190 Å². The molecule has 4 rings (SSSR count). The smallest absolute Gasteiger partial charge is 0.290 e. The van der Waals surface area contributed by atoms with Gasteiger partial charge in [0.25, 0.3) is 5.91 Å². The highest BCUT2D eigenvalue weighted by atomic mass is 16.5. The number of hydrogen-bond donors (Lipinski definition) is 1. The van der Waals surface area contributed by atoms with Crippen molar-refractivity contribution < 1.29 is 14.3 Å². The summed E-state index contributed by atoms with van der Waals surface area (Å²) in [7, 11) is 0. The lowest BCUT2D eigenvalue weighted by atomic mass is 9.86. The van der Waals surface area contributed by atoms with E-state index < -0.39 is 5.54 Å². The van der Waals surface area contributed by atoms with Crippen LogP contribution in [0.5, 0.6) is 0 Å². The van der Waals surface area contributed by atoms with Crippen LogP contribution >= 0.6 is 0 Å². The average molecular weight is 441 g/mol. The molecule has 0 spiro atoms. The third-order valence-electron chi connectivity index (χ3n) is 6.97.